The summed E-state index contributed by atoms with van der Waals surface area (Å²) in [5.41, 5.74) is 5.65. The predicted molar refractivity (Wildman–Crippen MR) is 101 cm³/mol. The second-order valence-corrected chi connectivity index (χ2v) is 7.02. The lowest BCUT2D eigenvalue weighted by Gasteiger charge is -2.24. The molecular formula is C22H22FN3. The zero-order chi connectivity index (χ0) is 17.9. The molecule has 1 unspecified atom stereocenters. The van der Waals surface area contributed by atoms with Gasteiger partial charge in [-0.2, -0.15) is 5.26 Å². The highest BCUT2D eigenvalue weighted by atomic mass is 19.1. The lowest BCUT2D eigenvalue weighted by molar-refractivity contribution is 0.449. The fourth-order valence-corrected chi connectivity index (χ4v) is 3.96. The molecule has 2 N–H and O–H groups in total. The van der Waals surface area contributed by atoms with Crippen LogP contribution in [0.5, 0.6) is 0 Å². The van der Waals surface area contributed by atoms with Crippen molar-refractivity contribution in [3.05, 3.63) is 70.7 Å². The summed E-state index contributed by atoms with van der Waals surface area (Å²) in [5.74, 6) is -0.181. The van der Waals surface area contributed by atoms with Gasteiger partial charge in [0.2, 0.25) is 0 Å². The van der Waals surface area contributed by atoms with E-state index in [2.05, 4.69) is 16.4 Å². The summed E-state index contributed by atoms with van der Waals surface area (Å²) in [4.78, 5) is 3.57. The number of hydrogen-bond acceptors (Lipinski definition) is 2. The van der Waals surface area contributed by atoms with Gasteiger partial charge in [-0.15, -0.1) is 0 Å². The van der Waals surface area contributed by atoms with Gasteiger partial charge in [-0.25, -0.2) is 4.39 Å². The van der Waals surface area contributed by atoms with Crippen LogP contribution < -0.4 is 5.32 Å². The molecule has 0 spiro atoms. The minimum atomic E-state index is -0.181. The summed E-state index contributed by atoms with van der Waals surface area (Å²) < 4.78 is 13.0. The van der Waals surface area contributed by atoms with Crippen molar-refractivity contribution in [2.45, 2.75) is 38.1 Å². The summed E-state index contributed by atoms with van der Waals surface area (Å²) >= 11 is 0. The Morgan fingerprint density at radius 2 is 2.04 bits per heavy atom. The topological polar surface area (TPSA) is 51.6 Å². The minimum absolute atomic E-state index is 0.181. The first-order valence-corrected chi connectivity index (χ1v) is 9.27. The largest absolute Gasteiger partial charge is 0.357 e. The molecule has 1 heterocycles. The van der Waals surface area contributed by atoms with E-state index in [1.807, 2.05) is 30.3 Å². The second kappa shape index (κ2) is 7.31. The van der Waals surface area contributed by atoms with Gasteiger partial charge in [0.05, 0.1) is 11.6 Å². The predicted octanol–water partition coefficient (Wildman–Crippen LogP) is 4.78. The molecule has 0 amide bonds. The fraction of sp³-hybridized carbons (Fsp3) is 0.318. The molecule has 0 aliphatic heterocycles. The maximum atomic E-state index is 13.0. The number of benzene rings is 2. The van der Waals surface area contributed by atoms with Gasteiger partial charge in [-0.3, -0.25) is 0 Å². The normalized spacial score (nSPS) is 16.4. The number of fused-ring (bicyclic) bond motifs is 3. The summed E-state index contributed by atoms with van der Waals surface area (Å²) in [6.07, 6.45) is 5.33. The molecule has 1 aliphatic carbocycles. The highest BCUT2D eigenvalue weighted by Crippen LogP contribution is 2.35. The molecule has 0 saturated carbocycles. The minimum Gasteiger partial charge on any atom is -0.357 e. The van der Waals surface area contributed by atoms with Gasteiger partial charge in [0, 0.05) is 22.6 Å². The van der Waals surface area contributed by atoms with Gasteiger partial charge in [0.15, 0.2) is 0 Å². The Bertz CT molecular complexity index is 950. The van der Waals surface area contributed by atoms with Crippen molar-refractivity contribution in [1.82, 2.24) is 10.3 Å². The van der Waals surface area contributed by atoms with Crippen LogP contribution >= 0.6 is 0 Å². The van der Waals surface area contributed by atoms with E-state index in [0.717, 1.165) is 44.2 Å². The number of H-pyrrole nitrogens is 1. The molecule has 1 aliphatic rings. The quantitative estimate of drug-likeness (QED) is 0.653. The number of nitrogens with one attached hydrogen (secondary N) is 2. The van der Waals surface area contributed by atoms with Crippen LogP contribution in [0.25, 0.3) is 10.9 Å². The maximum absolute atomic E-state index is 13.0. The first kappa shape index (κ1) is 16.8. The Balaban J connectivity index is 1.43. The Kier molecular flexibility index (Phi) is 4.73. The Morgan fingerprint density at radius 1 is 1.19 bits per heavy atom. The van der Waals surface area contributed by atoms with E-state index < -0.39 is 0 Å². The van der Waals surface area contributed by atoms with E-state index in [9.17, 15) is 4.39 Å². The van der Waals surface area contributed by atoms with Crippen molar-refractivity contribution >= 4 is 10.9 Å². The van der Waals surface area contributed by atoms with Crippen LogP contribution in [0.1, 0.15) is 47.7 Å². The standard InChI is InChI=1S/C22H22FN3/c23-17-9-6-15(7-10-17)3-2-12-25-21-5-1-4-18-19-13-16(14-24)8-11-20(19)26-22(18)21/h6-11,13,21,25-26H,1-5,12H2. The van der Waals surface area contributed by atoms with E-state index in [0.29, 0.717) is 11.6 Å². The summed E-state index contributed by atoms with van der Waals surface area (Å²) in [6, 6.07) is 15.2. The molecule has 1 aromatic heterocycles. The highest BCUT2D eigenvalue weighted by Gasteiger charge is 2.23. The number of rotatable bonds is 5. The van der Waals surface area contributed by atoms with Gasteiger partial charge in [0.1, 0.15) is 5.82 Å². The van der Waals surface area contributed by atoms with Crippen LogP contribution in [0.15, 0.2) is 42.5 Å². The smallest absolute Gasteiger partial charge is 0.123 e. The molecule has 4 rings (SSSR count). The van der Waals surface area contributed by atoms with Gasteiger partial charge < -0.3 is 10.3 Å². The van der Waals surface area contributed by atoms with Crippen LogP contribution in [-0.4, -0.2) is 11.5 Å². The van der Waals surface area contributed by atoms with E-state index >= 15 is 0 Å². The van der Waals surface area contributed by atoms with Gasteiger partial charge in [0.25, 0.3) is 0 Å². The molecule has 0 radical (unpaired) electrons. The van der Waals surface area contributed by atoms with Crippen molar-refractivity contribution in [3.63, 3.8) is 0 Å². The van der Waals surface area contributed by atoms with Gasteiger partial charge >= 0.3 is 0 Å². The van der Waals surface area contributed by atoms with E-state index in [4.69, 9.17) is 5.26 Å². The number of aryl methyl sites for hydroxylation is 2. The van der Waals surface area contributed by atoms with Gasteiger partial charge in [-0.1, -0.05) is 12.1 Å². The Morgan fingerprint density at radius 3 is 2.85 bits per heavy atom. The van der Waals surface area contributed by atoms with Crippen molar-refractivity contribution < 1.29 is 4.39 Å². The molecule has 3 nitrogen and oxygen atoms in total. The number of hydrogen-bond donors (Lipinski definition) is 2. The van der Waals surface area contributed by atoms with Crippen LogP contribution in [0.2, 0.25) is 0 Å². The molecule has 26 heavy (non-hydrogen) atoms. The Labute approximate surface area is 152 Å². The summed E-state index contributed by atoms with van der Waals surface area (Å²) in [6.45, 7) is 0.931. The number of aromatic nitrogens is 1. The van der Waals surface area contributed by atoms with Crippen LogP contribution in [0.3, 0.4) is 0 Å². The van der Waals surface area contributed by atoms with Crippen molar-refractivity contribution in [2.75, 3.05) is 6.54 Å². The van der Waals surface area contributed by atoms with Crippen LogP contribution in [-0.2, 0) is 12.8 Å². The zero-order valence-electron chi connectivity index (χ0n) is 14.7. The second-order valence-electron chi connectivity index (χ2n) is 7.02. The first-order valence-electron chi connectivity index (χ1n) is 9.27. The molecule has 0 saturated heterocycles. The van der Waals surface area contributed by atoms with Gasteiger partial charge in [-0.05, 0) is 80.1 Å². The number of halogens is 1. The number of aromatic amines is 1. The van der Waals surface area contributed by atoms with Crippen LogP contribution in [0, 0.1) is 17.1 Å². The third-order valence-corrected chi connectivity index (χ3v) is 5.28. The van der Waals surface area contributed by atoms with E-state index in [1.165, 1.54) is 34.3 Å². The molecule has 3 aromatic rings. The third-order valence-electron chi connectivity index (χ3n) is 5.28. The molecule has 2 aromatic carbocycles. The molecule has 0 bridgehead atoms. The number of nitrogens with zero attached hydrogens (tertiary/aromatic N) is 1. The molecule has 132 valence electrons. The fourth-order valence-electron chi connectivity index (χ4n) is 3.96. The third kappa shape index (κ3) is 3.36. The van der Waals surface area contributed by atoms with Crippen molar-refractivity contribution in [1.29, 1.82) is 5.26 Å². The molecular weight excluding hydrogens is 325 g/mol. The number of nitriles is 1. The molecule has 0 fully saturated rings. The van der Waals surface area contributed by atoms with Crippen molar-refractivity contribution in [2.24, 2.45) is 0 Å². The first-order chi connectivity index (χ1) is 12.7. The van der Waals surface area contributed by atoms with Crippen molar-refractivity contribution in [3.8, 4) is 6.07 Å². The van der Waals surface area contributed by atoms with E-state index in [-0.39, 0.29) is 5.82 Å². The molecule has 4 heteroatoms. The summed E-state index contributed by atoms with van der Waals surface area (Å²) in [7, 11) is 0. The average Bonchev–Trinajstić information content (AvgIpc) is 3.05. The summed E-state index contributed by atoms with van der Waals surface area (Å²) in [5, 5.41) is 14.0. The van der Waals surface area contributed by atoms with Crippen LogP contribution in [0.4, 0.5) is 4.39 Å². The zero-order valence-corrected chi connectivity index (χ0v) is 14.7. The monoisotopic (exact) mass is 347 g/mol. The van der Waals surface area contributed by atoms with E-state index in [1.54, 1.807) is 0 Å². The molecule has 1 atom stereocenters. The SMILES string of the molecule is N#Cc1ccc2[nH]c3c(c2c1)CCCC3NCCCc1ccc(F)cc1. The highest BCUT2D eigenvalue weighted by molar-refractivity contribution is 5.86. The lowest BCUT2D eigenvalue weighted by Crippen LogP contribution is -2.26. The lowest BCUT2D eigenvalue weighted by atomic mass is 9.91. The maximum Gasteiger partial charge on any atom is 0.123 e. The Hall–Kier alpha value is -2.64. The average molecular weight is 347 g/mol.